The van der Waals surface area contributed by atoms with Crippen LogP contribution in [0.2, 0.25) is 0 Å². The Balaban J connectivity index is 2.27. The van der Waals surface area contributed by atoms with Gasteiger partial charge in [0.2, 0.25) is 0 Å². The summed E-state index contributed by atoms with van der Waals surface area (Å²) >= 11 is 0. The lowest BCUT2D eigenvalue weighted by atomic mass is 10.0. The Labute approximate surface area is 118 Å². The van der Waals surface area contributed by atoms with Gasteiger partial charge in [0.1, 0.15) is 5.75 Å². The second-order valence-electron chi connectivity index (χ2n) is 5.60. The zero-order valence-electron chi connectivity index (χ0n) is 11.8. The molecule has 1 N–H and O–H groups in total. The quantitative estimate of drug-likeness (QED) is 0.855. The highest BCUT2D eigenvalue weighted by molar-refractivity contribution is 5.78. The van der Waals surface area contributed by atoms with Crippen molar-refractivity contribution < 1.29 is 14.6 Å². The summed E-state index contributed by atoms with van der Waals surface area (Å²) in [6, 6.07) is 9.47. The maximum absolute atomic E-state index is 11.2. The van der Waals surface area contributed by atoms with Crippen LogP contribution in [0.3, 0.4) is 0 Å². The van der Waals surface area contributed by atoms with Gasteiger partial charge in [-0.2, -0.15) is 5.26 Å². The van der Waals surface area contributed by atoms with Gasteiger partial charge in [-0.3, -0.25) is 4.79 Å². The Morgan fingerprint density at radius 2 is 1.95 bits per heavy atom. The molecule has 0 amide bonds. The van der Waals surface area contributed by atoms with Crippen LogP contribution in [-0.4, -0.2) is 18.2 Å². The molecule has 2 rings (SSSR count). The van der Waals surface area contributed by atoms with Gasteiger partial charge >= 0.3 is 5.97 Å². The van der Waals surface area contributed by atoms with E-state index < -0.39 is 11.9 Å². The van der Waals surface area contributed by atoms with Crippen LogP contribution < -0.4 is 4.74 Å². The SMILES string of the molecule is COc1ccc(/C=C(/C#N)C2C(C(=O)O)C2(C)C)cc1. The largest absolute Gasteiger partial charge is 0.497 e. The Hall–Kier alpha value is -2.28. The molecule has 0 heterocycles. The third-order valence-electron chi connectivity index (χ3n) is 4.00. The first-order valence-electron chi connectivity index (χ1n) is 6.40. The van der Waals surface area contributed by atoms with Crippen LogP contribution in [-0.2, 0) is 4.79 Å². The zero-order chi connectivity index (χ0) is 14.9. The number of nitriles is 1. The molecule has 0 aliphatic heterocycles. The normalized spacial score (nSPS) is 23.8. The van der Waals surface area contributed by atoms with E-state index in [0.717, 1.165) is 11.3 Å². The highest BCUT2D eigenvalue weighted by Gasteiger charge is 2.63. The molecule has 0 radical (unpaired) electrons. The van der Waals surface area contributed by atoms with Crippen molar-refractivity contribution in [2.75, 3.05) is 7.11 Å². The molecule has 0 bridgehead atoms. The number of ether oxygens (including phenoxy) is 1. The van der Waals surface area contributed by atoms with E-state index in [4.69, 9.17) is 4.74 Å². The summed E-state index contributed by atoms with van der Waals surface area (Å²) in [7, 11) is 1.59. The average Bonchev–Trinajstić information content (AvgIpc) is 2.99. The number of nitrogens with zero attached hydrogens (tertiary/aromatic N) is 1. The van der Waals surface area contributed by atoms with Crippen molar-refractivity contribution in [1.82, 2.24) is 0 Å². The number of hydrogen-bond acceptors (Lipinski definition) is 3. The molecular formula is C16H17NO3. The van der Waals surface area contributed by atoms with Gasteiger partial charge in [-0.1, -0.05) is 26.0 Å². The number of carboxylic acids is 1. The monoisotopic (exact) mass is 271 g/mol. The fraction of sp³-hybridized carbons (Fsp3) is 0.375. The van der Waals surface area contributed by atoms with Gasteiger partial charge in [-0.25, -0.2) is 0 Å². The van der Waals surface area contributed by atoms with E-state index in [1.165, 1.54) is 0 Å². The fourth-order valence-electron chi connectivity index (χ4n) is 2.75. The summed E-state index contributed by atoms with van der Waals surface area (Å²) in [6.45, 7) is 3.77. The lowest BCUT2D eigenvalue weighted by molar-refractivity contribution is -0.139. The van der Waals surface area contributed by atoms with Gasteiger partial charge in [0.15, 0.2) is 0 Å². The molecule has 1 aliphatic carbocycles. The van der Waals surface area contributed by atoms with Gasteiger partial charge in [-0.15, -0.1) is 0 Å². The third-order valence-corrected chi connectivity index (χ3v) is 4.00. The van der Waals surface area contributed by atoms with Gasteiger partial charge in [-0.05, 0) is 29.2 Å². The van der Waals surface area contributed by atoms with Crippen LogP contribution in [0.1, 0.15) is 19.4 Å². The van der Waals surface area contributed by atoms with E-state index in [-0.39, 0.29) is 11.3 Å². The van der Waals surface area contributed by atoms with Crippen molar-refractivity contribution >= 4 is 12.0 Å². The number of carboxylic acid groups (broad SMARTS) is 1. The van der Waals surface area contributed by atoms with Crippen molar-refractivity contribution in [1.29, 1.82) is 5.26 Å². The van der Waals surface area contributed by atoms with Crippen LogP contribution in [0.15, 0.2) is 29.8 Å². The van der Waals surface area contributed by atoms with E-state index in [1.54, 1.807) is 13.2 Å². The lowest BCUT2D eigenvalue weighted by Gasteiger charge is -2.02. The first kappa shape index (κ1) is 14.1. The van der Waals surface area contributed by atoms with Gasteiger partial charge in [0.25, 0.3) is 0 Å². The third kappa shape index (κ3) is 2.39. The predicted octanol–water partition coefficient (Wildman–Crippen LogP) is 2.96. The molecule has 0 saturated heterocycles. The number of carbonyl (C=O) groups is 1. The summed E-state index contributed by atoms with van der Waals surface area (Å²) in [5, 5.41) is 18.5. The van der Waals surface area contributed by atoms with E-state index in [1.807, 2.05) is 38.1 Å². The van der Waals surface area contributed by atoms with E-state index in [2.05, 4.69) is 6.07 Å². The fourth-order valence-corrected chi connectivity index (χ4v) is 2.75. The van der Waals surface area contributed by atoms with Crippen molar-refractivity contribution in [2.45, 2.75) is 13.8 Å². The Morgan fingerprint density at radius 1 is 1.35 bits per heavy atom. The molecule has 1 fully saturated rings. The minimum absolute atomic E-state index is 0.216. The number of hydrogen-bond donors (Lipinski definition) is 1. The topological polar surface area (TPSA) is 70.3 Å². The van der Waals surface area contributed by atoms with Crippen molar-refractivity contribution in [2.24, 2.45) is 17.3 Å². The molecule has 20 heavy (non-hydrogen) atoms. The molecule has 0 aromatic heterocycles. The maximum Gasteiger partial charge on any atom is 0.307 e. The van der Waals surface area contributed by atoms with Crippen molar-refractivity contribution in [3.05, 3.63) is 35.4 Å². The van der Waals surface area contributed by atoms with Crippen molar-refractivity contribution in [3.63, 3.8) is 0 Å². The molecule has 4 heteroatoms. The average molecular weight is 271 g/mol. The second-order valence-corrected chi connectivity index (χ2v) is 5.60. The Morgan fingerprint density at radius 3 is 2.35 bits per heavy atom. The molecule has 1 aromatic carbocycles. The second kappa shape index (κ2) is 5.01. The first-order chi connectivity index (χ1) is 9.41. The molecule has 2 unspecified atom stereocenters. The zero-order valence-corrected chi connectivity index (χ0v) is 11.8. The smallest absolute Gasteiger partial charge is 0.307 e. The van der Waals surface area contributed by atoms with Crippen LogP contribution in [0.5, 0.6) is 5.75 Å². The van der Waals surface area contributed by atoms with Crippen LogP contribution in [0.25, 0.3) is 6.08 Å². The standard InChI is InChI=1S/C16H17NO3/c1-16(2)13(14(16)15(18)19)11(9-17)8-10-4-6-12(20-3)7-5-10/h4-8,13-14H,1-3H3,(H,18,19)/b11-8-. The number of rotatable bonds is 4. The van der Waals surface area contributed by atoms with E-state index in [9.17, 15) is 15.2 Å². The molecule has 1 aliphatic rings. The number of aliphatic carboxylic acids is 1. The number of benzene rings is 1. The molecule has 1 aromatic rings. The number of methoxy groups -OCH3 is 1. The molecule has 0 spiro atoms. The van der Waals surface area contributed by atoms with Crippen molar-refractivity contribution in [3.8, 4) is 11.8 Å². The summed E-state index contributed by atoms with van der Waals surface area (Å²) in [6.07, 6.45) is 1.76. The molecule has 1 saturated carbocycles. The first-order valence-corrected chi connectivity index (χ1v) is 6.40. The van der Waals surface area contributed by atoms with Gasteiger partial charge < -0.3 is 9.84 Å². The summed E-state index contributed by atoms with van der Waals surface area (Å²) in [5.74, 6) is -0.787. The number of allylic oxidation sites excluding steroid dienone is 1. The van der Waals surface area contributed by atoms with Crippen LogP contribution in [0, 0.1) is 28.6 Å². The molecule has 2 atom stereocenters. The summed E-state index contributed by atoms with van der Waals surface area (Å²) in [4.78, 5) is 11.2. The van der Waals surface area contributed by atoms with Crippen LogP contribution in [0.4, 0.5) is 0 Å². The molecular weight excluding hydrogens is 254 g/mol. The van der Waals surface area contributed by atoms with Gasteiger partial charge in [0.05, 0.1) is 19.1 Å². The van der Waals surface area contributed by atoms with Crippen LogP contribution >= 0.6 is 0 Å². The Bertz CT molecular complexity index is 593. The lowest BCUT2D eigenvalue weighted by Crippen LogP contribution is -2.03. The highest BCUT2D eigenvalue weighted by Crippen LogP contribution is 2.61. The minimum atomic E-state index is -0.837. The predicted molar refractivity (Wildman–Crippen MR) is 75.0 cm³/mol. The maximum atomic E-state index is 11.2. The Kier molecular flexibility index (Phi) is 3.54. The summed E-state index contributed by atoms with van der Waals surface area (Å²) < 4.78 is 5.08. The van der Waals surface area contributed by atoms with Gasteiger partial charge in [0, 0.05) is 11.5 Å². The minimum Gasteiger partial charge on any atom is -0.497 e. The molecule has 4 nitrogen and oxygen atoms in total. The highest BCUT2D eigenvalue weighted by atomic mass is 16.5. The summed E-state index contributed by atoms with van der Waals surface area (Å²) in [5.41, 5.74) is 1.03. The van der Waals surface area contributed by atoms with E-state index in [0.29, 0.717) is 5.57 Å². The van der Waals surface area contributed by atoms with E-state index >= 15 is 0 Å². The molecule has 104 valence electrons.